The van der Waals surface area contributed by atoms with Crippen molar-refractivity contribution in [3.05, 3.63) is 72.9 Å². The maximum atomic E-state index is 12.7. The zero-order chi connectivity index (χ0) is 46.6. The smallest absolute Gasteiger partial charge is 0.472 e. The maximum Gasteiger partial charge on any atom is 0.472 e. The summed E-state index contributed by atoms with van der Waals surface area (Å²) >= 11 is 0. The van der Waals surface area contributed by atoms with E-state index in [0.29, 0.717) is 32.1 Å². The number of aliphatic hydroxyl groups is 2. The monoisotopic (exact) mass is 908 g/mol. The minimum atomic E-state index is -4.79. The molecule has 0 aliphatic heterocycles. The van der Waals surface area contributed by atoms with Gasteiger partial charge < -0.3 is 35.4 Å². The Hall–Kier alpha value is -3.49. The van der Waals surface area contributed by atoms with Crippen LogP contribution < -0.4 is 5.73 Å². The summed E-state index contributed by atoms with van der Waals surface area (Å²) in [6, 6.07) is -1.57. The van der Waals surface area contributed by atoms with Crippen LogP contribution in [-0.2, 0) is 42.3 Å². The molecule has 1 rings (SSSR count). The summed E-state index contributed by atoms with van der Waals surface area (Å²) in [7, 11) is -4.79. The molecule has 0 spiro atoms. The SMILES string of the molecule is CC/C=C\C/C=C\C/C=C\C/C=C\C/C=C\CCCCCC(=O)O[C@H](COC(=O)CCCCCC[C@H]1[C@@H](O)CC(=O)[C@@H]1/C=C/[C@@H](O)CCCCC)COP(=O)(O)OC[C@H](N)C(=O)O. The molecule has 14 nitrogen and oxygen atoms in total. The van der Waals surface area contributed by atoms with Gasteiger partial charge in [0.2, 0.25) is 0 Å². The second-order valence-corrected chi connectivity index (χ2v) is 17.4. The van der Waals surface area contributed by atoms with Gasteiger partial charge >= 0.3 is 25.7 Å². The van der Waals surface area contributed by atoms with Gasteiger partial charge in [-0.1, -0.05) is 132 Å². The first-order valence-electron chi connectivity index (χ1n) is 23.1. The lowest BCUT2D eigenvalue weighted by molar-refractivity contribution is -0.161. The van der Waals surface area contributed by atoms with E-state index in [9.17, 15) is 38.8 Å². The highest BCUT2D eigenvalue weighted by atomic mass is 31.2. The number of Topliss-reactive ketones (excluding diaryl/α,β-unsaturated/α-hetero) is 1. The molecule has 15 heteroatoms. The Bertz CT molecular complexity index is 1510. The van der Waals surface area contributed by atoms with Crippen molar-refractivity contribution in [1.82, 2.24) is 0 Å². The number of phosphoric ester groups is 1. The topological polar surface area (TPSA) is 229 Å². The summed E-state index contributed by atoms with van der Waals surface area (Å²) in [6.07, 6.45) is 37.3. The number of carboxylic acid groups (broad SMARTS) is 1. The lowest BCUT2D eigenvalue weighted by Gasteiger charge is -2.20. The number of carbonyl (C=O) groups excluding carboxylic acids is 3. The van der Waals surface area contributed by atoms with Crippen LogP contribution in [0.3, 0.4) is 0 Å². The number of carbonyl (C=O) groups is 4. The number of ketones is 1. The minimum Gasteiger partial charge on any atom is -0.480 e. The highest BCUT2D eigenvalue weighted by Crippen LogP contribution is 2.43. The van der Waals surface area contributed by atoms with Crippen molar-refractivity contribution < 1.29 is 62.5 Å². The highest BCUT2D eigenvalue weighted by molar-refractivity contribution is 7.47. The van der Waals surface area contributed by atoms with Gasteiger partial charge in [0.1, 0.15) is 18.4 Å². The van der Waals surface area contributed by atoms with Crippen molar-refractivity contribution in [2.75, 3.05) is 19.8 Å². The van der Waals surface area contributed by atoms with Crippen LogP contribution in [-0.4, -0.2) is 88.1 Å². The zero-order valence-corrected chi connectivity index (χ0v) is 38.7. The van der Waals surface area contributed by atoms with Crippen LogP contribution in [0.5, 0.6) is 0 Å². The molecular formula is C48H78NO13P. The van der Waals surface area contributed by atoms with E-state index < -0.39 is 75.8 Å². The standard InChI is InChI=1S/C48H78NO13P/c1-3-5-7-8-9-10-11-12-13-14-15-16-17-18-19-20-21-22-28-32-47(54)62-40(37-60-63(57,58)61-38-43(49)48(55)56)36-59-46(53)31-27-24-23-26-30-41-42(45(52)35-44(41)51)34-33-39(50)29-25-6-4-2/h5,7,9-10,12-13,15-16,18-19,33-34,39-44,50-51H,3-4,6,8,11,14,17,20-32,35-38,49H2,1-2H3,(H,55,56)(H,57,58)/b7-5-,10-9-,13-12-,16-15-,19-18-,34-33+/t39-,40+,41+,42+,43-,44-/m0/s1. The molecule has 1 aliphatic carbocycles. The van der Waals surface area contributed by atoms with Gasteiger partial charge in [0.05, 0.1) is 25.4 Å². The number of aliphatic carboxylic acids is 1. The third-order valence-corrected chi connectivity index (χ3v) is 11.3. The summed E-state index contributed by atoms with van der Waals surface area (Å²) in [5.41, 5.74) is 5.33. The Morgan fingerprint density at radius 2 is 1.33 bits per heavy atom. The van der Waals surface area contributed by atoms with E-state index in [1.807, 2.05) is 0 Å². The van der Waals surface area contributed by atoms with Crippen LogP contribution in [0, 0.1) is 11.8 Å². The van der Waals surface area contributed by atoms with Gasteiger partial charge in [-0.3, -0.25) is 28.2 Å². The van der Waals surface area contributed by atoms with Gasteiger partial charge in [-0.25, -0.2) is 4.57 Å². The van der Waals surface area contributed by atoms with Gasteiger partial charge in [-0.05, 0) is 76.5 Å². The van der Waals surface area contributed by atoms with Crippen molar-refractivity contribution in [3.63, 3.8) is 0 Å². The lowest BCUT2D eigenvalue weighted by Crippen LogP contribution is -2.34. The van der Waals surface area contributed by atoms with Crippen molar-refractivity contribution in [2.24, 2.45) is 17.6 Å². The van der Waals surface area contributed by atoms with Crippen LogP contribution in [0.2, 0.25) is 0 Å². The molecule has 7 atom stereocenters. The van der Waals surface area contributed by atoms with E-state index in [4.69, 9.17) is 24.8 Å². The van der Waals surface area contributed by atoms with Gasteiger partial charge in [0.15, 0.2) is 6.10 Å². The number of unbranched alkanes of at least 4 members (excludes halogenated alkanes) is 8. The van der Waals surface area contributed by atoms with Crippen LogP contribution in [0.1, 0.15) is 149 Å². The minimum absolute atomic E-state index is 0.0219. The number of aliphatic hydroxyl groups excluding tert-OH is 2. The number of nitrogens with two attached hydrogens (primary N) is 1. The molecule has 0 aromatic heterocycles. The van der Waals surface area contributed by atoms with E-state index in [1.165, 1.54) is 0 Å². The number of allylic oxidation sites excluding steroid dienone is 11. The van der Waals surface area contributed by atoms with Gasteiger partial charge in [-0.2, -0.15) is 0 Å². The molecule has 358 valence electrons. The molecule has 0 aromatic carbocycles. The Kier molecular flexibility index (Phi) is 33.6. The van der Waals surface area contributed by atoms with E-state index in [1.54, 1.807) is 12.2 Å². The van der Waals surface area contributed by atoms with Crippen molar-refractivity contribution in [1.29, 1.82) is 0 Å². The quantitative estimate of drug-likeness (QED) is 0.0168. The number of hydrogen-bond acceptors (Lipinski definition) is 12. The van der Waals surface area contributed by atoms with Crippen LogP contribution in [0.4, 0.5) is 0 Å². The number of carboxylic acids is 1. The predicted molar refractivity (Wildman–Crippen MR) is 245 cm³/mol. The molecule has 0 aromatic rings. The molecule has 0 bridgehead atoms. The maximum absolute atomic E-state index is 12.7. The van der Waals surface area contributed by atoms with E-state index in [0.717, 1.165) is 83.5 Å². The van der Waals surface area contributed by atoms with E-state index in [-0.39, 0.29) is 31.0 Å². The third kappa shape index (κ3) is 31.1. The fourth-order valence-electron chi connectivity index (χ4n) is 6.70. The van der Waals surface area contributed by atoms with Crippen molar-refractivity contribution in [3.8, 4) is 0 Å². The molecule has 1 fully saturated rings. The molecule has 0 heterocycles. The lowest BCUT2D eigenvalue weighted by atomic mass is 9.88. The fraction of sp³-hybridized carbons (Fsp3) is 0.667. The number of phosphoric acid groups is 1. The average molecular weight is 908 g/mol. The van der Waals surface area contributed by atoms with Gasteiger partial charge in [-0.15, -0.1) is 0 Å². The third-order valence-electron chi connectivity index (χ3n) is 10.3. The average Bonchev–Trinajstić information content (AvgIpc) is 3.52. The van der Waals surface area contributed by atoms with E-state index >= 15 is 0 Å². The molecule has 1 aliphatic rings. The largest absolute Gasteiger partial charge is 0.480 e. The molecule has 63 heavy (non-hydrogen) atoms. The van der Waals surface area contributed by atoms with Crippen molar-refractivity contribution in [2.45, 2.75) is 173 Å². The number of hydrogen-bond donors (Lipinski definition) is 5. The Morgan fingerprint density at radius 1 is 0.762 bits per heavy atom. The fourth-order valence-corrected chi connectivity index (χ4v) is 7.48. The first kappa shape index (κ1) is 57.5. The normalized spacial score (nSPS) is 19.6. The Balaban J connectivity index is 2.47. The molecular weight excluding hydrogens is 829 g/mol. The second-order valence-electron chi connectivity index (χ2n) is 15.9. The molecule has 0 radical (unpaired) electrons. The molecule has 0 saturated heterocycles. The van der Waals surface area contributed by atoms with Crippen molar-refractivity contribution >= 4 is 31.5 Å². The summed E-state index contributed by atoms with van der Waals surface area (Å²) in [4.78, 5) is 58.8. The summed E-state index contributed by atoms with van der Waals surface area (Å²) < 4.78 is 32.7. The summed E-state index contributed by atoms with van der Waals surface area (Å²) in [5, 5.41) is 29.7. The summed E-state index contributed by atoms with van der Waals surface area (Å²) in [5.74, 6) is -3.27. The van der Waals surface area contributed by atoms with Crippen LogP contribution >= 0.6 is 7.82 Å². The highest BCUT2D eigenvalue weighted by Gasteiger charge is 2.39. The molecule has 0 amide bonds. The van der Waals surface area contributed by atoms with Crippen LogP contribution in [0.15, 0.2) is 72.9 Å². The van der Waals surface area contributed by atoms with Gasteiger partial charge in [0.25, 0.3) is 0 Å². The predicted octanol–water partition coefficient (Wildman–Crippen LogP) is 9.09. The van der Waals surface area contributed by atoms with Crippen LogP contribution in [0.25, 0.3) is 0 Å². The summed E-state index contributed by atoms with van der Waals surface area (Å²) in [6.45, 7) is 2.30. The number of rotatable bonds is 38. The second kappa shape index (κ2) is 36.8. The zero-order valence-electron chi connectivity index (χ0n) is 37.9. The first-order valence-corrected chi connectivity index (χ1v) is 24.6. The Morgan fingerprint density at radius 3 is 1.95 bits per heavy atom. The molecule has 6 N–H and O–H groups in total. The molecule has 1 unspecified atom stereocenters. The van der Waals surface area contributed by atoms with Gasteiger partial charge in [0, 0.05) is 25.2 Å². The first-order chi connectivity index (χ1) is 30.3. The number of esters is 2. The van der Waals surface area contributed by atoms with E-state index in [2.05, 4.69) is 79.1 Å². The number of ether oxygens (including phenoxy) is 2. The Labute approximate surface area is 376 Å². The molecule has 1 saturated carbocycles.